The molecule has 6 nitrogen and oxygen atoms in total. The number of aromatic nitrogens is 1. The maximum Gasteiger partial charge on any atom is 0.255 e. The molecule has 0 bridgehead atoms. The zero-order valence-electron chi connectivity index (χ0n) is 15.6. The number of H-pyrrole nitrogens is 1. The molecule has 4 aromatic rings. The molecule has 0 aliphatic heterocycles. The molecule has 28 heavy (non-hydrogen) atoms. The lowest BCUT2D eigenvalue weighted by atomic mass is 10.1. The van der Waals surface area contributed by atoms with Crippen molar-refractivity contribution in [1.29, 1.82) is 0 Å². The summed E-state index contributed by atoms with van der Waals surface area (Å²) in [5.74, 6) is 1.02. The number of aromatic amines is 1. The van der Waals surface area contributed by atoms with Crippen LogP contribution in [0.5, 0.6) is 5.75 Å². The van der Waals surface area contributed by atoms with Crippen LogP contribution in [0, 0.1) is 0 Å². The molecule has 0 spiro atoms. The quantitative estimate of drug-likeness (QED) is 0.548. The number of benzene rings is 2. The fraction of sp³-hybridized carbons (Fsp3) is 0.182. The van der Waals surface area contributed by atoms with E-state index in [4.69, 9.17) is 9.15 Å². The molecule has 1 atom stereocenters. The average Bonchev–Trinajstić information content (AvgIpc) is 3.14. The largest absolute Gasteiger partial charge is 0.490 e. The molecule has 0 saturated heterocycles. The van der Waals surface area contributed by atoms with E-state index in [1.165, 1.54) is 6.20 Å². The maximum absolute atomic E-state index is 12.8. The van der Waals surface area contributed by atoms with E-state index in [0.717, 1.165) is 5.39 Å². The summed E-state index contributed by atoms with van der Waals surface area (Å²) in [7, 11) is 0. The third kappa shape index (κ3) is 3.13. The summed E-state index contributed by atoms with van der Waals surface area (Å²) in [6.07, 6.45) is 1.44. The number of hydrogen-bond acceptors (Lipinski definition) is 4. The van der Waals surface area contributed by atoms with Crippen LogP contribution in [0.3, 0.4) is 0 Å². The van der Waals surface area contributed by atoms with Gasteiger partial charge in [0, 0.05) is 22.4 Å². The van der Waals surface area contributed by atoms with Gasteiger partial charge in [-0.1, -0.05) is 30.3 Å². The summed E-state index contributed by atoms with van der Waals surface area (Å²) in [6.45, 7) is 4.31. The molecule has 142 valence electrons. The Morgan fingerprint density at radius 1 is 1.18 bits per heavy atom. The minimum atomic E-state index is -0.361. The lowest BCUT2D eigenvalue weighted by Gasteiger charge is -2.12. The Labute approximate surface area is 161 Å². The molecule has 1 amide bonds. The SMILES string of the molecule is CCOc1cccc2cc(C(C)NC(=O)c3c[nH]c(=O)c4ccccc34)oc12. The number of hydrogen-bond donors (Lipinski definition) is 2. The molecular formula is C22H20N2O4. The van der Waals surface area contributed by atoms with E-state index in [-0.39, 0.29) is 17.5 Å². The number of rotatable bonds is 5. The van der Waals surface area contributed by atoms with Crippen LogP contribution >= 0.6 is 0 Å². The van der Waals surface area contributed by atoms with Gasteiger partial charge in [-0.3, -0.25) is 9.59 Å². The summed E-state index contributed by atoms with van der Waals surface area (Å²) < 4.78 is 11.6. The number of furan rings is 1. The number of pyridine rings is 1. The van der Waals surface area contributed by atoms with E-state index in [1.807, 2.05) is 38.1 Å². The standard InChI is InChI=1S/C22H20N2O4/c1-3-27-18-10-6-7-14-11-19(28-20(14)18)13(2)24-22(26)17-12-23-21(25)16-9-5-4-8-15(16)17/h4-13H,3H2,1-2H3,(H,23,25)(H,24,26). The van der Waals surface area contributed by atoms with Crippen molar-refractivity contribution in [2.24, 2.45) is 0 Å². The van der Waals surface area contributed by atoms with E-state index < -0.39 is 0 Å². The van der Waals surface area contributed by atoms with Gasteiger partial charge in [0.1, 0.15) is 5.76 Å². The summed E-state index contributed by atoms with van der Waals surface area (Å²) in [5.41, 5.74) is 0.851. The Kier molecular flexibility index (Phi) is 4.61. The van der Waals surface area contributed by atoms with Crippen molar-refractivity contribution < 1.29 is 13.9 Å². The maximum atomic E-state index is 12.8. The van der Waals surface area contributed by atoms with Gasteiger partial charge in [0.2, 0.25) is 0 Å². The highest BCUT2D eigenvalue weighted by Gasteiger charge is 2.19. The Hall–Kier alpha value is -3.54. The van der Waals surface area contributed by atoms with Crippen LogP contribution in [0.4, 0.5) is 0 Å². The fourth-order valence-electron chi connectivity index (χ4n) is 3.28. The van der Waals surface area contributed by atoms with Crippen molar-refractivity contribution in [1.82, 2.24) is 10.3 Å². The second kappa shape index (κ2) is 7.23. The van der Waals surface area contributed by atoms with Gasteiger partial charge in [-0.25, -0.2) is 0 Å². The van der Waals surface area contributed by atoms with Crippen LogP contribution in [0.15, 0.2) is 63.9 Å². The predicted molar refractivity (Wildman–Crippen MR) is 108 cm³/mol. The van der Waals surface area contributed by atoms with Gasteiger partial charge in [-0.05, 0) is 32.0 Å². The van der Waals surface area contributed by atoms with Crippen molar-refractivity contribution >= 4 is 27.6 Å². The molecule has 1 unspecified atom stereocenters. The van der Waals surface area contributed by atoms with Gasteiger partial charge in [-0.2, -0.15) is 0 Å². The van der Waals surface area contributed by atoms with Gasteiger partial charge in [0.25, 0.3) is 11.5 Å². The molecule has 0 fully saturated rings. The number of carbonyl (C=O) groups is 1. The number of fused-ring (bicyclic) bond motifs is 2. The van der Waals surface area contributed by atoms with Crippen LogP contribution in [0.25, 0.3) is 21.7 Å². The van der Waals surface area contributed by atoms with Crippen LogP contribution < -0.4 is 15.6 Å². The Bertz CT molecular complexity index is 1220. The first kappa shape index (κ1) is 17.9. The molecular weight excluding hydrogens is 356 g/mol. The third-order valence-electron chi connectivity index (χ3n) is 4.66. The van der Waals surface area contributed by atoms with Gasteiger partial charge in [-0.15, -0.1) is 0 Å². The van der Waals surface area contributed by atoms with E-state index in [1.54, 1.807) is 24.3 Å². The summed E-state index contributed by atoms with van der Waals surface area (Å²) in [6, 6.07) is 14.3. The highest BCUT2D eigenvalue weighted by Crippen LogP contribution is 2.31. The van der Waals surface area contributed by atoms with Gasteiger partial charge in [0.05, 0.1) is 18.2 Å². The summed E-state index contributed by atoms with van der Waals surface area (Å²) in [4.78, 5) is 27.4. The molecule has 2 N–H and O–H groups in total. The van der Waals surface area contributed by atoms with Crippen LogP contribution in [-0.2, 0) is 0 Å². The monoisotopic (exact) mass is 376 g/mol. The van der Waals surface area contributed by atoms with Crippen molar-refractivity contribution in [3.05, 3.63) is 76.4 Å². The lowest BCUT2D eigenvalue weighted by Crippen LogP contribution is -2.27. The minimum absolute atomic E-state index is 0.221. The molecule has 2 aromatic heterocycles. The van der Waals surface area contributed by atoms with Gasteiger partial charge < -0.3 is 19.5 Å². The van der Waals surface area contributed by atoms with Gasteiger partial charge in [0.15, 0.2) is 11.3 Å². The number of ether oxygens (including phenoxy) is 1. The van der Waals surface area contributed by atoms with E-state index in [9.17, 15) is 9.59 Å². The Morgan fingerprint density at radius 3 is 2.75 bits per heavy atom. The zero-order valence-corrected chi connectivity index (χ0v) is 15.6. The van der Waals surface area contributed by atoms with E-state index in [2.05, 4.69) is 10.3 Å². The summed E-state index contributed by atoms with van der Waals surface area (Å²) in [5, 5.41) is 4.94. The highest BCUT2D eigenvalue weighted by atomic mass is 16.5. The second-order valence-corrected chi connectivity index (χ2v) is 6.53. The molecule has 0 radical (unpaired) electrons. The Morgan fingerprint density at radius 2 is 1.96 bits per heavy atom. The molecule has 0 saturated carbocycles. The fourth-order valence-corrected chi connectivity index (χ4v) is 3.28. The minimum Gasteiger partial charge on any atom is -0.490 e. The number of nitrogens with one attached hydrogen (secondary N) is 2. The molecule has 2 aromatic carbocycles. The van der Waals surface area contributed by atoms with Crippen molar-refractivity contribution in [3.63, 3.8) is 0 Å². The zero-order chi connectivity index (χ0) is 19.7. The molecule has 4 rings (SSSR count). The number of carbonyl (C=O) groups excluding carboxylic acids is 1. The number of para-hydroxylation sites is 1. The third-order valence-corrected chi connectivity index (χ3v) is 4.66. The van der Waals surface area contributed by atoms with Gasteiger partial charge >= 0.3 is 0 Å². The molecule has 2 heterocycles. The highest BCUT2D eigenvalue weighted by molar-refractivity contribution is 6.06. The average molecular weight is 376 g/mol. The van der Waals surface area contributed by atoms with Crippen molar-refractivity contribution in [2.45, 2.75) is 19.9 Å². The number of amides is 1. The lowest BCUT2D eigenvalue weighted by molar-refractivity contribution is 0.0937. The first-order valence-corrected chi connectivity index (χ1v) is 9.15. The van der Waals surface area contributed by atoms with Crippen LogP contribution in [-0.4, -0.2) is 17.5 Å². The summed E-state index contributed by atoms with van der Waals surface area (Å²) >= 11 is 0. The van der Waals surface area contributed by atoms with Crippen molar-refractivity contribution in [2.75, 3.05) is 6.61 Å². The van der Waals surface area contributed by atoms with Crippen LogP contribution in [0.2, 0.25) is 0 Å². The predicted octanol–water partition coefficient (Wildman–Crippen LogP) is 4.16. The molecule has 6 heteroatoms. The smallest absolute Gasteiger partial charge is 0.255 e. The van der Waals surface area contributed by atoms with E-state index >= 15 is 0 Å². The normalized spacial score (nSPS) is 12.2. The first-order chi connectivity index (χ1) is 13.6. The molecule has 0 aliphatic carbocycles. The molecule has 0 aliphatic rings. The first-order valence-electron chi connectivity index (χ1n) is 9.15. The van der Waals surface area contributed by atoms with Crippen molar-refractivity contribution in [3.8, 4) is 5.75 Å². The Balaban J connectivity index is 1.64. The van der Waals surface area contributed by atoms with E-state index in [0.29, 0.717) is 40.0 Å². The van der Waals surface area contributed by atoms with Crippen LogP contribution in [0.1, 0.15) is 36.0 Å². The second-order valence-electron chi connectivity index (χ2n) is 6.53. The topological polar surface area (TPSA) is 84.3 Å².